The first kappa shape index (κ1) is 14.1. The molecule has 1 unspecified atom stereocenters. The smallest absolute Gasteiger partial charge is 0.253 e. The molecule has 0 aliphatic carbocycles. The van der Waals surface area contributed by atoms with Crippen LogP contribution in [0.1, 0.15) is 41.5 Å². The lowest BCUT2D eigenvalue weighted by molar-refractivity contribution is 0.0905. The molecule has 1 aliphatic rings. The fourth-order valence-electron chi connectivity index (χ4n) is 2.81. The molecule has 1 aliphatic heterocycles. The summed E-state index contributed by atoms with van der Waals surface area (Å²) in [6.07, 6.45) is 2.26. The minimum absolute atomic E-state index is 0.0733. The molecule has 19 heavy (non-hydrogen) atoms. The lowest BCUT2D eigenvalue weighted by atomic mass is 10.1. The number of rotatable bonds is 3. The summed E-state index contributed by atoms with van der Waals surface area (Å²) in [6, 6.07) is 2.27. The maximum Gasteiger partial charge on any atom is 0.253 e. The van der Waals surface area contributed by atoms with Crippen molar-refractivity contribution in [2.45, 2.75) is 39.7 Å². The van der Waals surface area contributed by atoms with Gasteiger partial charge in [-0.3, -0.25) is 4.79 Å². The number of aryl methyl sites for hydroxylation is 1. The van der Waals surface area contributed by atoms with Gasteiger partial charge in [0, 0.05) is 31.0 Å². The van der Waals surface area contributed by atoms with Gasteiger partial charge in [-0.15, -0.1) is 0 Å². The fraction of sp³-hybridized carbons (Fsp3) is 0.667. The zero-order valence-corrected chi connectivity index (χ0v) is 12.5. The van der Waals surface area contributed by atoms with Crippen LogP contribution in [-0.2, 0) is 7.05 Å². The number of carbonyl (C=O) groups excluding carboxylic acids is 1. The number of amides is 1. The number of likely N-dealkylation sites (tertiary alicyclic amines) is 1. The van der Waals surface area contributed by atoms with Crippen molar-refractivity contribution in [2.24, 2.45) is 7.05 Å². The lowest BCUT2D eigenvalue weighted by Crippen LogP contribution is -2.47. The number of hydrogen-bond acceptors (Lipinski definition) is 2. The third kappa shape index (κ3) is 3.00. The summed E-state index contributed by atoms with van der Waals surface area (Å²) in [6.45, 7) is 9.41. The van der Waals surface area contributed by atoms with Gasteiger partial charge >= 0.3 is 0 Å². The second-order valence-corrected chi connectivity index (χ2v) is 5.55. The molecule has 2 heterocycles. The summed E-state index contributed by atoms with van der Waals surface area (Å²) in [4.78, 5) is 14.8. The van der Waals surface area contributed by atoms with Crippen molar-refractivity contribution in [3.63, 3.8) is 0 Å². The largest absolute Gasteiger partial charge is 0.351 e. The monoisotopic (exact) mass is 263 g/mol. The van der Waals surface area contributed by atoms with Crippen LogP contribution >= 0.6 is 0 Å². The Morgan fingerprint density at radius 2 is 2.21 bits per heavy atom. The summed E-state index contributed by atoms with van der Waals surface area (Å²) in [7, 11) is 2.00. The van der Waals surface area contributed by atoms with Crippen LogP contribution in [0.4, 0.5) is 0 Å². The maximum atomic E-state index is 12.4. The SMILES string of the molecule is CCN1CCCC(NC(=O)c2cc(C)n(C)c2C)C1. The average molecular weight is 263 g/mol. The summed E-state index contributed by atoms with van der Waals surface area (Å²) in [5, 5.41) is 3.19. The second-order valence-electron chi connectivity index (χ2n) is 5.55. The van der Waals surface area contributed by atoms with Gasteiger partial charge in [0.15, 0.2) is 0 Å². The second kappa shape index (κ2) is 5.78. The number of piperidine rings is 1. The molecule has 0 aromatic carbocycles. The molecule has 1 fully saturated rings. The molecule has 0 radical (unpaired) electrons. The number of nitrogens with one attached hydrogen (secondary N) is 1. The highest BCUT2D eigenvalue weighted by atomic mass is 16.1. The van der Waals surface area contributed by atoms with E-state index in [-0.39, 0.29) is 5.91 Å². The third-order valence-corrected chi connectivity index (χ3v) is 4.31. The number of carbonyl (C=O) groups is 1. The molecule has 1 aromatic rings. The minimum Gasteiger partial charge on any atom is -0.351 e. The van der Waals surface area contributed by atoms with Crippen LogP contribution in [-0.4, -0.2) is 41.1 Å². The predicted molar refractivity (Wildman–Crippen MR) is 77.5 cm³/mol. The molecule has 2 rings (SSSR count). The van der Waals surface area contributed by atoms with Gasteiger partial charge < -0.3 is 14.8 Å². The third-order valence-electron chi connectivity index (χ3n) is 4.31. The molecular weight excluding hydrogens is 238 g/mol. The van der Waals surface area contributed by atoms with E-state index in [9.17, 15) is 4.79 Å². The predicted octanol–water partition coefficient (Wildman–Crippen LogP) is 1.86. The van der Waals surface area contributed by atoms with Gasteiger partial charge in [0.05, 0.1) is 5.56 Å². The molecular formula is C15H25N3O. The standard InChI is InChI=1S/C15H25N3O/c1-5-18-8-6-7-13(10-18)16-15(19)14-9-11(2)17(4)12(14)3/h9,13H,5-8,10H2,1-4H3,(H,16,19). The topological polar surface area (TPSA) is 37.3 Å². The van der Waals surface area contributed by atoms with E-state index in [0.717, 1.165) is 43.0 Å². The molecule has 1 amide bonds. The normalized spacial score (nSPS) is 20.5. The highest BCUT2D eigenvalue weighted by Crippen LogP contribution is 2.15. The number of likely N-dealkylation sites (N-methyl/N-ethyl adjacent to an activating group) is 1. The Kier molecular flexibility index (Phi) is 4.30. The average Bonchev–Trinajstić information content (AvgIpc) is 2.67. The van der Waals surface area contributed by atoms with Crippen molar-refractivity contribution >= 4 is 5.91 Å². The Labute approximate surface area is 115 Å². The van der Waals surface area contributed by atoms with Crippen LogP contribution in [0.15, 0.2) is 6.07 Å². The van der Waals surface area contributed by atoms with E-state index >= 15 is 0 Å². The van der Waals surface area contributed by atoms with Crippen LogP contribution in [0.3, 0.4) is 0 Å². The van der Waals surface area contributed by atoms with Crippen molar-refractivity contribution < 1.29 is 4.79 Å². The molecule has 4 heteroatoms. The Bertz CT molecular complexity index is 464. The Hall–Kier alpha value is -1.29. The van der Waals surface area contributed by atoms with Gasteiger partial charge in [-0.25, -0.2) is 0 Å². The first-order valence-electron chi connectivity index (χ1n) is 7.19. The van der Waals surface area contributed by atoms with Gasteiger partial charge in [0.2, 0.25) is 0 Å². The van der Waals surface area contributed by atoms with Gasteiger partial charge in [0.25, 0.3) is 5.91 Å². The van der Waals surface area contributed by atoms with Gasteiger partial charge in [-0.1, -0.05) is 6.92 Å². The summed E-state index contributed by atoms with van der Waals surface area (Å²) >= 11 is 0. The number of hydrogen-bond donors (Lipinski definition) is 1. The molecule has 0 saturated carbocycles. The minimum atomic E-state index is 0.0733. The van der Waals surface area contributed by atoms with E-state index in [4.69, 9.17) is 0 Å². The number of nitrogens with zero attached hydrogens (tertiary/aromatic N) is 2. The van der Waals surface area contributed by atoms with E-state index in [2.05, 4.69) is 21.7 Å². The van der Waals surface area contributed by atoms with Crippen molar-refractivity contribution in [1.82, 2.24) is 14.8 Å². The molecule has 0 bridgehead atoms. The van der Waals surface area contributed by atoms with Crippen molar-refractivity contribution in [3.8, 4) is 0 Å². The molecule has 1 N–H and O–H groups in total. The van der Waals surface area contributed by atoms with Crippen LogP contribution in [0.2, 0.25) is 0 Å². The van der Waals surface area contributed by atoms with Gasteiger partial charge in [-0.2, -0.15) is 0 Å². The molecule has 1 atom stereocenters. The Balaban J connectivity index is 2.02. The van der Waals surface area contributed by atoms with Crippen LogP contribution in [0.5, 0.6) is 0 Å². The zero-order valence-electron chi connectivity index (χ0n) is 12.5. The first-order valence-corrected chi connectivity index (χ1v) is 7.19. The molecule has 1 aromatic heterocycles. The first-order chi connectivity index (χ1) is 9.02. The highest BCUT2D eigenvalue weighted by molar-refractivity contribution is 5.95. The molecule has 106 valence electrons. The molecule has 1 saturated heterocycles. The van der Waals surface area contributed by atoms with Crippen molar-refractivity contribution in [2.75, 3.05) is 19.6 Å². The fourth-order valence-corrected chi connectivity index (χ4v) is 2.81. The maximum absolute atomic E-state index is 12.4. The van der Waals surface area contributed by atoms with E-state index in [1.807, 2.05) is 27.0 Å². The summed E-state index contributed by atoms with van der Waals surface area (Å²) < 4.78 is 2.06. The summed E-state index contributed by atoms with van der Waals surface area (Å²) in [5.74, 6) is 0.0733. The van der Waals surface area contributed by atoms with Crippen LogP contribution < -0.4 is 5.32 Å². The Morgan fingerprint density at radius 3 is 2.79 bits per heavy atom. The number of aromatic nitrogens is 1. The van der Waals surface area contributed by atoms with Crippen LogP contribution in [0, 0.1) is 13.8 Å². The molecule has 0 spiro atoms. The highest BCUT2D eigenvalue weighted by Gasteiger charge is 2.22. The van der Waals surface area contributed by atoms with Crippen molar-refractivity contribution in [1.29, 1.82) is 0 Å². The molecule has 4 nitrogen and oxygen atoms in total. The van der Waals surface area contributed by atoms with Crippen molar-refractivity contribution in [3.05, 3.63) is 23.0 Å². The van der Waals surface area contributed by atoms with E-state index in [0.29, 0.717) is 6.04 Å². The summed E-state index contributed by atoms with van der Waals surface area (Å²) in [5.41, 5.74) is 2.98. The quantitative estimate of drug-likeness (QED) is 0.904. The zero-order chi connectivity index (χ0) is 14.0. The Morgan fingerprint density at radius 1 is 1.47 bits per heavy atom. The van der Waals surface area contributed by atoms with Gasteiger partial charge in [-0.05, 0) is 45.8 Å². The van der Waals surface area contributed by atoms with E-state index in [1.165, 1.54) is 6.42 Å². The van der Waals surface area contributed by atoms with Gasteiger partial charge in [0.1, 0.15) is 0 Å². The lowest BCUT2D eigenvalue weighted by Gasteiger charge is -2.32. The van der Waals surface area contributed by atoms with Crippen LogP contribution in [0.25, 0.3) is 0 Å². The van der Waals surface area contributed by atoms with E-state index < -0.39 is 0 Å². The van der Waals surface area contributed by atoms with E-state index in [1.54, 1.807) is 0 Å².